The van der Waals surface area contributed by atoms with Gasteiger partial charge in [0.1, 0.15) is 0 Å². The van der Waals surface area contributed by atoms with Crippen molar-refractivity contribution in [1.29, 1.82) is 0 Å². The lowest BCUT2D eigenvalue weighted by Crippen LogP contribution is -2.36. The second-order valence-electron chi connectivity index (χ2n) is 7.97. The highest BCUT2D eigenvalue weighted by Crippen LogP contribution is 2.32. The third-order valence-electron chi connectivity index (χ3n) is 4.86. The summed E-state index contributed by atoms with van der Waals surface area (Å²) in [6.45, 7) is 11.0. The van der Waals surface area contributed by atoms with Gasteiger partial charge in [0.15, 0.2) is 0 Å². The summed E-state index contributed by atoms with van der Waals surface area (Å²) in [5, 5.41) is 7.09. The van der Waals surface area contributed by atoms with E-state index in [-0.39, 0.29) is 17.4 Å². The maximum atomic E-state index is 12.4. The first-order valence-corrected chi connectivity index (χ1v) is 11.0. The molecule has 0 aromatic heterocycles. The number of anilines is 1. The number of rotatable bonds is 6. The Balaban J connectivity index is 2.16. The highest BCUT2D eigenvalue weighted by molar-refractivity contribution is 7.92. The summed E-state index contributed by atoms with van der Waals surface area (Å²) >= 11 is 0. The first-order valence-electron chi connectivity index (χ1n) is 9.44. The number of nitrogens with one attached hydrogen (secondary N) is 3. The predicted molar refractivity (Wildman–Crippen MR) is 110 cm³/mol. The summed E-state index contributed by atoms with van der Waals surface area (Å²) in [7, 11) is -3.88. The molecule has 2 rings (SSSR count). The van der Waals surface area contributed by atoms with Gasteiger partial charge in [-0.05, 0) is 49.3 Å². The fraction of sp³-hybridized carbons (Fsp3) is 0.550. The minimum Gasteiger partial charge on any atom is -0.308 e. The van der Waals surface area contributed by atoms with Crippen LogP contribution in [0.2, 0.25) is 0 Å². The van der Waals surface area contributed by atoms with Crippen LogP contribution >= 0.6 is 0 Å². The van der Waals surface area contributed by atoms with Crippen LogP contribution in [-0.2, 0) is 10.0 Å². The molecular formula is C20H31N3O3S. The molecule has 150 valence electrons. The fourth-order valence-corrected chi connectivity index (χ4v) is 4.15. The summed E-state index contributed by atoms with van der Waals surface area (Å²) in [4.78, 5) is 12.4. The molecule has 7 heteroatoms. The van der Waals surface area contributed by atoms with E-state index in [1.54, 1.807) is 6.08 Å². The van der Waals surface area contributed by atoms with Gasteiger partial charge in [-0.1, -0.05) is 52.0 Å². The molecule has 1 atom stereocenters. The number of amides is 2. The fourth-order valence-electron chi connectivity index (χ4n) is 3.30. The summed E-state index contributed by atoms with van der Waals surface area (Å²) in [5.41, 5.74) is 2.29. The van der Waals surface area contributed by atoms with Crippen molar-refractivity contribution in [2.45, 2.75) is 64.8 Å². The zero-order valence-electron chi connectivity index (χ0n) is 16.8. The smallest absolute Gasteiger partial charge is 0.308 e. The van der Waals surface area contributed by atoms with Gasteiger partial charge in [0.25, 0.3) is 10.0 Å². The lowest BCUT2D eigenvalue weighted by molar-refractivity contribution is 0.256. The molecule has 27 heavy (non-hydrogen) atoms. The minimum atomic E-state index is -3.88. The second-order valence-corrected chi connectivity index (χ2v) is 9.54. The largest absolute Gasteiger partial charge is 0.333 e. The summed E-state index contributed by atoms with van der Waals surface area (Å²) in [6.07, 6.45) is 3.47. The molecule has 0 aliphatic carbocycles. The Morgan fingerprint density at radius 2 is 1.78 bits per heavy atom. The predicted octanol–water partition coefficient (Wildman–Crippen LogP) is 4.04. The topological polar surface area (TPSA) is 87.3 Å². The van der Waals surface area contributed by atoms with Crippen LogP contribution < -0.4 is 15.4 Å². The Morgan fingerprint density at radius 3 is 2.26 bits per heavy atom. The first-order chi connectivity index (χ1) is 12.5. The van der Waals surface area contributed by atoms with Gasteiger partial charge in [0.05, 0.1) is 0 Å². The molecule has 1 aliphatic heterocycles. The number of urea groups is 1. The molecule has 1 aromatic rings. The zero-order valence-corrected chi connectivity index (χ0v) is 17.6. The number of sulfonamides is 1. The Hall–Kier alpha value is -1.86. The molecule has 0 saturated carbocycles. The van der Waals surface area contributed by atoms with Crippen LogP contribution in [0.5, 0.6) is 0 Å². The minimum absolute atomic E-state index is 0.198. The van der Waals surface area contributed by atoms with Crippen LogP contribution in [0.15, 0.2) is 29.7 Å². The molecule has 1 fully saturated rings. The van der Waals surface area contributed by atoms with Crippen molar-refractivity contribution in [2.24, 2.45) is 0 Å². The lowest BCUT2D eigenvalue weighted by Gasteiger charge is -2.20. The maximum Gasteiger partial charge on any atom is 0.333 e. The number of carbonyl (C=O) groups excluding carboxylic acids is 1. The van der Waals surface area contributed by atoms with E-state index in [1.165, 1.54) is 0 Å². The van der Waals surface area contributed by atoms with Crippen molar-refractivity contribution in [2.75, 3.05) is 11.9 Å². The molecule has 2 amide bonds. The highest BCUT2D eigenvalue weighted by Gasteiger charge is 2.26. The molecule has 0 unspecified atom stereocenters. The van der Waals surface area contributed by atoms with Crippen molar-refractivity contribution in [3.8, 4) is 0 Å². The maximum absolute atomic E-state index is 12.4. The summed E-state index contributed by atoms with van der Waals surface area (Å²) in [5.74, 6) is 0.396. The van der Waals surface area contributed by atoms with Crippen LogP contribution in [0.4, 0.5) is 10.5 Å². The van der Waals surface area contributed by atoms with Crippen molar-refractivity contribution in [1.82, 2.24) is 10.0 Å². The van der Waals surface area contributed by atoms with E-state index in [0.717, 1.165) is 35.9 Å². The monoisotopic (exact) mass is 393 g/mol. The molecule has 1 heterocycles. The summed E-state index contributed by atoms with van der Waals surface area (Å²) < 4.78 is 26.6. The quantitative estimate of drug-likeness (QED) is 0.681. The third kappa shape index (κ3) is 5.81. The average Bonchev–Trinajstić information content (AvgIpc) is 2.99. The molecule has 1 saturated heterocycles. The normalized spacial score (nSPS) is 20.6. The van der Waals surface area contributed by atoms with Gasteiger partial charge in [-0.15, -0.1) is 0 Å². The van der Waals surface area contributed by atoms with E-state index in [1.807, 2.05) is 52.8 Å². The zero-order chi connectivity index (χ0) is 20.2. The van der Waals surface area contributed by atoms with Crippen LogP contribution in [0.1, 0.15) is 70.4 Å². The van der Waals surface area contributed by atoms with Crippen molar-refractivity contribution < 1.29 is 13.2 Å². The van der Waals surface area contributed by atoms with E-state index >= 15 is 0 Å². The second kappa shape index (κ2) is 8.44. The molecule has 0 spiro atoms. The van der Waals surface area contributed by atoms with Crippen molar-refractivity contribution in [3.63, 3.8) is 0 Å². The Bertz CT molecular complexity index is 782. The molecule has 6 nitrogen and oxygen atoms in total. The van der Waals surface area contributed by atoms with Gasteiger partial charge in [-0.2, -0.15) is 0 Å². The SMILES string of the molecule is CC(C)c1cccc(C(C)C)c1NC(=O)NS(=O)(=O)/C=C/[C@]1(C)CCCN1. The number of carbonyl (C=O) groups is 1. The average molecular weight is 394 g/mol. The van der Waals surface area contributed by atoms with E-state index in [9.17, 15) is 13.2 Å². The number of benzene rings is 1. The number of hydrogen-bond donors (Lipinski definition) is 3. The summed E-state index contributed by atoms with van der Waals surface area (Å²) in [6, 6.07) is 5.11. The van der Waals surface area contributed by atoms with E-state index < -0.39 is 16.1 Å². The Kier molecular flexibility index (Phi) is 6.70. The van der Waals surface area contributed by atoms with Crippen molar-refractivity contribution >= 4 is 21.7 Å². The van der Waals surface area contributed by atoms with E-state index in [2.05, 4.69) is 15.4 Å². The first kappa shape index (κ1) is 21.4. The Morgan fingerprint density at radius 1 is 1.19 bits per heavy atom. The van der Waals surface area contributed by atoms with Crippen LogP contribution in [0.25, 0.3) is 0 Å². The van der Waals surface area contributed by atoms with Crippen LogP contribution in [-0.4, -0.2) is 26.5 Å². The third-order valence-corrected chi connectivity index (χ3v) is 5.83. The standard InChI is InChI=1S/C20H31N3O3S/c1-14(2)16-8-6-9-17(15(3)4)18(16)22-19(24)23-27(25,26)13-11-20(5)10-7-12-21-20/h6,8-9,11,13-15,21H,7,10,12H2,1-5H3,(H2,22,23,24)/b13-11+/t20-/m0/s1. The van der Waals surface area contributed by atoms with Gasteiger partial charge in [0, 0.05) is 16.6 Å². The van der Waals surface area contributed by atoms with Gasteiger partial charge in [-0.3, -0.25) is 0 Å². The molecule has 0 bridgehead atoms. The molecule has 1 aromatic carbocycles. The van der Waals surface area contributed by atoms with Gasteiger partial charge in [-0.25, -0.2) is 17.9 Å². The van der Waals surface area contributed by atoms with Gasteiger partial charge >= 0.3 is 6.03 Å². The number of hydrogen-bond acceptors (Lipinski definition) is 4. The Labute approximate surface area is 162 Å². The van der Waals surface area contributed by atoms with E-state index in [0.29, 0.717) is 5.69 Å². The molecular weight excluding hydrogens is 362 g/mol. The van der Waals surface area contributed by atoms with Gasteiger partial charge in [0.2, 0.25) is 0 Å². The lowest BCUT2D eigenvalue weighted by atomic mass is 9.93. The molecule has 3 N–H and O–H groups in total. The molecule has 0 radical (unpaired) electrons. The molecule has 1 aliphatic rings. The van der Waals surface area contributed by atoms with Crippen LogP contribution in [0.3, 0.4) is 0 Å². The van der Waals surface area contributed by atoms with Crippen molar-refractivity contribution in [3.05, 3.63) is 40.8 Å². The number of para-hydroxylation sites is 1. The highest BCUT2D eigenvalue weighted by atomic mass is 32.2. The van der Waals surface area contributed by atoms with Gasteiger partial charge < -0.3 is 10.6 Å². The van der Waals surface area contributed by atoms with E-state index in [4.69, 9.17) is 0 Å². The van der Waals surface area contributed by atoms with Crippen LogP contribution in [0, 0.1) is 0 Å².